The fourth-order valence-corrected chi connectivity index (χ4v) is 3.31. The lowest BCUT2D eigenvalue weighted by molar-refractivity contribution is 0.0695. The Kier molecular flexibility index (Phi) is 7.69. The minimum absolute atomic E-state index is 0.172. The van der Waals surface area contributed by atoms with Gasteiger partial charge in [0.25, 0.3) is 5.91 Å². The summed E-state index contributed by atoms with van der Waals surface area (Å²) in [7, 11) is 3.94. The van der Waals surface area contributed by atoms with Crippen LogP contribution in [0.3, 0.4) is 0 Å². The van der Waals surface area contributed by atoms with E-state index in [-0.39, 0.29) is 18.3 Å². The number of hydrogen-bond acceptors (Lipinski definition) is 5. The number of likely N-dealkylation sites (N-methyl/N-ethyl adjacent to an activating group) is 1. The third-order valence-corrected chi connectivity index (χ3v) is 5.13. The van der Waals surface area contributed by atoms with Crippen molar-refractivity contribution >= 4 is 5.91 Å². The number of carbonyl (C=O) groups is 1. The van der Waals surface area contributed by atoms with Crippen LogP contribution in [0.1, 0.15) is 38.6 Å². The number of hydrogen-bond donors (Lipinski definition) is 0. The molecule has 0 aliphatic carbocycles. The van der Waals surface area contributed by atoms with E-state index in [1.54, 1.807) is 29.2 Å². The van der Waals surface area contributed by atoms with E-state index in [4.69, 9.17) is 14.4 Å². The summed E-state index contributed by atoms with van der Waals surface area (Å²) in [4.78, 5) is 17.0. The van der Waals surface area contributed by atoms with Crippen molar-refractivity contribution in [1.82, 2.24) is 9.80 Å². The van der Waals surface area contributed by atoms with Gasteiger partial charge in [-0.15, -0.1) is 0 Å². The lowest BCUT2D eigenvalue weighted by Gasteiger charge is -2.23. The second-order valence-electron chi connectivity index (χ2n) is 8.16. The first-order valence-corrected chi connectivity index (χ1v) is 10.6. The molecule has 6 nitrogen and oxygen atoms in total. The van der Waals surface area contributed by atoms with Gasteiger partial charge in [0.1, 0.15) is 18.1 Å². The van der Waals surface area contributed by atoms with Gasteiger partial charge in [-0.1, -0.05) is 29.8 Å². The number of carbonyl (C=O) groups excluding carboxylic acids is 1. The molecule has 1 heterocycles. The summed E-state index contributed by atoms with van der Waals surface area (Å²) < 4.78 is 11.7. The molecule has 32 heavy (non-hydrogen) atoms. The van der Waals surface area contributed by atoms with Crippen LogP contribution in [0.15, 0.2) is 59.0 Å². The monoisotopic (exact) mass is 431 g/mol. The van der Waals surface area contributed by atoms with Crippen molar-refractivity contribution in [1.29, 1.82) is 5.26 Å². The van der Waals surface area contributed by atoms with Gasteiger partial charge in [0.05, 0.1) is 11.6 Å². The summed E-state index contributed by atoms with van der Waals surface area (Å²) >= 11 is 0. The maximum Gasteiger partial charge on any atom is 0.289 e. The molecule has 2 aromatic carbocycles. The number of furan rings is 1. The van der Waals surface area contributed by atoms with E-state index in [1.807, 2.05) is 57.1 Å². The predicted octanol–water partition coefficient (Wildman–Crippen LogP) is 4.55. The van der Waals surface area contributed by atoms with Crippen LogP contribution in [-0.2, 0) is 13.2 Å². The molecule has 0 N–H and O–H groups in total. The first-order valence-electron chi connectivity index (χ1n) is 10.6. The normalized spacial score (nSPS) is 10.8. The first kappa shape index (κ1) is 23.1. The Balaban J connectivity index is 1.69. The molecule has 0 bridgehead atoms. The van der Waals surface area contributed by atoms with Crippen LogP contribution in [0.5, 0.6) is 5.75 Å². The maximum absolute atomic E-state index is 13.2. The maximum atomic E-state index is 13.2. The van der Waals surface area contributed by atoms with Crippen molar-refractivity contribution in [2.24, 2.45) is 0 Å². The topological polar surface area (TPSA) is 69.7 Å². The minimum atomic E-state index is -0.172. The molecule has 6 heteroatoms. The molecule has 3 rings (SSSR count). The summed E-state index contributed by atoms with van der Waals surface area (Å²) in [6.45, 7) is 6.02. The van der Waals surface area contributed by atoms with E-state index >= 15 is 0 Å². The van der Waals surface area contributed by atoms with Gasteiger partial charge in [0, 0.05) is 19.6 Å². The molecule has 0 aliphatic rings. The fourth-order valence-electron chi connectivity index (χ4n) is 3.31. The quantitative estimate of drug-likeness (QED) is 0.497. The average Bonchev–Trinajstić information content (AvgIpc) is 3.25. The van der Waals surface area contributed by atoms with Gasteiger partial charge in [0.15, 0.2) is 5.76 Å². The van der Waals surface area contributed by atoms with E-state index < -0.39 is 0 Å². The highest BCUT2D eigenvalue weighted by molar-refractivity contribution is 5.91. The number of nitriles is 1. The average molecular weight is 432 g/mol. The van der Waals surface area contributed by atoms with Crippen LogP contribution in [0.4, 0.5) is 0 Å². The molecule has 0 aliphatic heterocycles. The smallest absolute Gasteiger partial charge is 0.289 e. The highest BCUT2D eigenvalue weighted by atomic mass is 16.5. The van der Waals surface area contributed by atoms with E-state index in [0.29, 0.717) is 24.4 Å². The Morgan fingerprint density at radius 2 is 1.78 bits per heavy atom. The lowest BCUT2D eigenvalue weighted by Crippen LogP contribution is -2.36. The molecule has 0 unspecified atom stereocenters. The van der Waals surface area contributed by atoms with E-state index in [9.17, 15) is 4.79 Å². The lowest BCUT2D eigenvalue weighted by atomic mass is 10.1. The molecule has 0 saturated heterocycles. The first-order chi connectivity index (χ1) is 15.4. The highest BCUT2D eigenvalue weighted by Crippen LogP contribution is 2.21. The molecule has 0 atom stereocenters. The Labute approximate surface area is 189 Å². The number of amides is 1. The van der Waals surface area contributed by atoms with Crippen molar-refractivity contribution in [3.63, 3.8) is 0 Å². The second kappa shape index (κ2) is 10.7. The van der Waals surface area contributed by atoms with Crippen molar-refractivity contribution in [2.45, 2.75) is 27.0 Å². The third-order valence-electron chi connectivity index (χ3n) is 5.13. The highest BCUT2D eigenvalue weighted by Gasteiger charge is 2.20. The Morgan fingerprint density at radius 3 is 2.44 bits per heavy atom. The SMILES string of the molecule is Cc1ccc(OCc2ccc(C(=O)N(CCN(C)C)Cc3ccc(C#N)cc3)o2)c(C)c1. The number of benzene rings is 2. The fraction of sp³-hybridized carbons (Fsp3) is 0.308. The largest absolute Gasteiger partial charge is 0.485 e. The van der Waals surface area contributed by atoms with E-state index in [0.717, 1.165) is 23.4 Å². The van der Waals surface area contributed by atoms with Gasteiger partial charge in [-0.3, -0.25) is 4.79 Å². The molecule has 0 saturated carbocycles. The molecule has 1 amide bonds. The summed E-state index contributed by atoms with van der Waals surface area (Å²) in [6, 6.07) is 18.9. The Bertz CT molecular complexity index is 1090. The van der Waals surface area contributed by atoms with Crippen molar-refractivity contribution < 1.29 is 13.9 Å². The van der Waals surface area contributed by atoms with Gasteiger partial charge in [-0.25, -0.2) is 0 Å². The Morgan fingerprint density at radius 1 is 1.03 bits per heavy atom. The van der Waals surface area contributed by atoms with Crippen LogP contribution in [0.2, 0.25) is 0 Å². The van der Waals surface area contributed by atoms with Crippen molar-refractivity contribution in [3.05, 3.63) is 88.4 Å². The predicted molar refractivity (Wildman–Crippen MR) is 123 cm³/mol. The van der Waals surface area contributed by atoms with E-state index in [1.165, 1.54) is 5.56 Å². The van der Waals surface area contributed by atoms with Crippen molar-refractivity contribution in [2.75, 3.05) is 27.2 Å². The number of rotatable bonds is 9. The molecule has 166 valence electrons. The second-order valence-corrected chi connectivity index (χ2v) is 8.16. The third kappa shape index (κ3) is 6.22. The molecule has 0 spiro atoms. The molecule has 0 fully saturated rings. The van der Waals surface area contributed by atoms with Crippen LogP contribution in [0, 0.1) is 25.2 Å². The summed E-state index contributed by atoms with van der Waals surface area (Å²) in [5, 5.41) is 9.00. The van der Waals surface area contributed by atoms with Gasteiger partial charge in [-0.05, 0) is 69.4 Å². The molecular formula is C26H29N3O3. The molecule has 0 radical (unpaired) electrons. The summed E-state index contributed by atoms with van der Waals surface area (Å²) in [5.74, 6) is 1.51. The number of aryl methyl sites for hydroxylation is 2. The summed E-state index contributed by atoms with van der Waals surface area (Å²) in [6.07, 6.45) is 0. The van der Waals surface area contributed by atoms with Gasteiger partial charge in [-0.2, -0.15) is 5.26 Å². The Hall–Kier alpha value is -3.56. The van der Waals surface area contributed by atoms with Crippen LogP contribution < -0.4 is 4.74 Å². The number of ether oxygens (including phenoxy) is 1. The zero-order chi connectivity index (χ0) is 23.1. The molecule has 1 aromatic heterocycles. The molecule has 3 aromatic rings. The minimum Gasteiger partial charge on any atom is -0.485 e. The zero-order valence-corrected chi connectivity index (χ0v) is 19.1. The van der Waals surface area contributed by atoms with E-state index in [2.05, 4.69) is 12.1 Å². The van der Waals surface area contributed by atoms with Crippen LogP contribution in [0.25, 0.3) is 0 Å². The zero-order valence-electron chi connectivity index (χ0n) is 19.1. The van der Waals surface area contributed by atoms with Gasteiger partial charge in [0.2, 0.25) is 0 Å². The van der Waals surface area contributed by atoms with Crippen LogP contribution >= 0.6 is 0 Å². The standard InChI is InChI=1S/C26H29N3O3/c1-19-5-11-24(20(2)15-19)31-18-23-10-12-25(32-23)26(30)29(14-13-28(3)4)17-22-8-6-21(16-27)7-9-22/h5-12,15H,13-14,17-18H2,1-4H3. The molecular weight excluding hydrogens is 402 g/mol. The van der Waals surface area contributed by atoms with Gasteiger partial charge >= 0.3 is 0 Å². The van der Waals surface area contributed by atoms with Crippen LogP contribution in [-0.4, -0.2) is 42.9 Å². The van der Waals surface area contributed by atoms with Crippen molar-refractivity contribution in [3.8, 4) is 11.8 Å². The summed E-state index contributed by atoms with van der Waals surface area (Å²) in [5.41, 5.74) is 3.80. The van der Waals surface area contributed by atoms with Gasteiger partial charge < -0.3 is 19.0 Å². The number of nitrogens with zero attached hydrogens (tertiary/aromatic N) is 3.